The van der Waals surface area contributed by atoms with Crippen molar-refractivity contribution in [2.45, 2.75) is 38.3 Å². The molecule has 10 heteroatoms. The molecule has 0 aromatic heterocycles. The summed E-state index contributed by atoms with van der Waals surface area (Å²) in [7, 11) is -2.75. The highest BCUT2D eigenvalue weighted by atomic mass is 35.5. The molecule has 0 bridgehead atoms. The third-order valence-electron chi connectivity index (χ3n) is 5.95. The van der Waals surface area contributed by atoms with E-state index in [1.54, 1.807) is 19.1 Å². The van der Waals surface area contributed by atoms with Crippen LogP contribution in [0.15, 0.2) is 71.6 Å². The highest BCUT2D eigenvalue weighted by Gasteiger charge is 2.33. The van der Waals surface area contributed by atoms with E-state index in [2.05, 4.69) is 5.32 Å². The third kappa shape index (κ3) is 6.83. The molecular weight excluding hydrogens is 533 g/mol. The molecule has 0 fully saturated rings. The molecule has 37 heavy (non-hydrogen) atoms. The molecule has 0 saturated heterocycles. The van der Waals surface area contributed by atoms with E-state index in [4.69, 9.17) is 23.2 Å². The zero-order valence-electron chi connectivity index (χ0n) is 21.0. The average molecular weight is 563 g/mol. The van der Waals surface area contributed by atoms with Gasteiger partial charge >= 0.3 is 0 Å². The van der Waals surface area contributed by atoms with Crippen molar-refractivity contribution in [2.24, 2.45) is 0 Å². The van der Waals surface area contributed by atoms with E-state index < -0.39 is 28.5 Å². The standard InChI is InChI=1S/C27H29Cl2N3O4S/c1-18-5-9-21(10-6-18)16-31(20(3)27(34)30-4)26(33)17-32(25-15-22(28)11-14-24(25)29)37(35,36)23-12-7-19(2)8-13-23/h5-15,20H,16-17H2,1-4H3,(H,30,34)/t20-/m1/s1. The van der Waals surface area contributed by atoms with E-state index in [0.717, 1.165) is 21.0 Å². The van der Waals surface area contributed by atoms with Crippen LogP contribution in [0.4, 0.5) is 5.69 Å². The van der Waals surface area contributed by atoms with E-state index in [0.29, 0.717) is 0 Å². The second-order valence-corrected chi connectivity index (χ2v) is 11.4. The predicted molar refractivity (Wildman–Crippen MR) is 147 cm³/mol. The molecule has 7 nitrogen and oxygen atoms in total. The van der Waals surface area contributed by atoms with E-state index >= 15 is 0 Å². The molecular formula is C27H29Cl2N3O4S. The van der Waals surface area contributed by atoms with Crippen LogP contribution in [0.2, 0.25) is 10.0 Å². The number of hydrogen-bond donors (Lipinski definition) is 1. The Kier molecular flexibility index (Phi) is 9.23. The molecule has 1 N–H and O–H groups in total. The predicted octanol–water partition coefficient (Wildman–Crippen LogP) is 4.97. The van der Waals surface area contributed by atoms with Crippen LogP contribution in [-0.4, -0.2) is 44.8 Å². The van der Waals surface area contributed by atoms with Gasteiger partial charge in [0.05, 0.1) is 15.6 Å². The molecule has 1 atom stereocenters. The normalized spacial score (nSPS) is 12.1. The Morgan fingerprint density at radius 2 is 1.49 bits per heavy atom. The Bertz CT molecular complexity index is 1380. The Balaban J connectivity index is 2.07. The molecule has 2 amide bonds. The SMILES string of the molecule is CNC(=O)[C@@H](C)N(Cc1ccc(C)cc1)C(=O)CN(c1cc(Cl)ccc1Cl)S(=O)(=O)c1ccc(C)cc1. The van der Waals surface area contributed by atoms with Crippen molar-refractivity contribution in [3.63, 3.8) is 0 Å². The molecule has 0 aliphatic heterocycles. The highest BCUT2D eigenvalue weighted by Crippen LogP contribution is 2.33. The lowest BCUT2D eigenvalue weighted by Crippen LogP contribution is -2.50. The molecule has 0 heterocycles. The monoisotopic (exact) mass is 561 g/mol. The fourth-order valence-corrected chi connectivity index (χ4v) is 5.57. The summed E-state index contributed by atoms with van der Waals surface area (Å²) in [6.45, 7) is 4.89. The van der Waals surface area contributed by atoms with Gasteiger partial charge in [-0.1, -0.05) is 70.7 Å². The number of hydrogen-bond acceptors (Lipinski definition) is 4. The number of sulfonamides is 1. The molecule has 196 valence electrons. The van der Waals surface area contributed by atoms with Gasteiger partial charge in [-0.3, -0.25) is 13.9 Å². The molecule has 0 spiro atoms. The van der Waals surface area contributed by atoms with Crippen molar-refractivity contribution in [3.8, 4) is 0 Å². The number of rotatable bonds is 9. The fraction of sp³-hybridized carbons (Fsp3) is 0.259. The molecule has 0 aliphatic rings. The summed E-state index contributed by atoms with van der Waals surface area (Å²) in [5.41, 5.74) is 2.78. The van der Waals surface area contributed by atoms with Gasteiger partial charge in [0, 0.05) is 18.6 Å². The van der Waals surface area contributed by atoms with E-state index in [1.165, 1.54) is 42.3 Å². The number of halogens is 2. The lowest BCUT2D eigenvalue weighted by molar-refractivity contribution is -0.139. The van der Waals surface area contributed by atoms with E-state index in [-0.39, 0.29) is 33.1 Å². The van der Waals surface area contributed by atoms with Crippen LogP contribution in [-0.2, 0) is 26.2 Å². The minimum atomic E-state index is -4.23. The second kappa shape index (κ2) is 12.0. The van der Waals surface area contributed by atoms with Crippen molar-refractivity contribution in [3.05, 3.63) is 93.5 Å². The van der Waals surface area contributed by atoms with E-state index in [9.17, 15) is 18.0 Å². The van der Waals surface area contributed by atoms with Crippen LogP contribution in [0.1, 0.15) is 23.6 Å². The topological polar surface area (TPSA) is 86.8 Å². The van der Waals surface area contributed by atoms with Crippen molar-refractivity contribution < 1.29 is 18.0 Å². The van der Waals surface area contributed by atoms with Crippen molar-refractivity contribution in [1.82, 2.24) is 10.2 Å². The summed E-state index contributed by atoms with van der Waals surface area (Å²) in [4.78, 5) is 27.6. The van der Waals surface area contributed by atoms with Crippen LogP contribution < -0.4 is 9.62 Å². The zero-order valence-corrected chi connectivity index (χ0v) is 23.4. The van der Waals surface area contributed by atoms with Crippen LogP contribution in [0.3, 0.4) is 0 Å². The summed E-state index contributed by atoms with van der Waals surface area (Å²) >= 11 is 12.6. The number of anilines is 1. The Morgan fingerprint density at radius 3 is 2.05 bits per heavy atom. The molecule has 0 aliphatic carbocycles. The average Bonchev–Trinajstić information content (AvgIpc) is 2.87. The van der Waals surface area contributed by atoms with Crippen molar-refractivity contribution in [2.75, 3.05) is 17.9 Å². The third-order valence-corrected chi connectivity index (χ3v) is 8.28. The first kappa shape index (κ1) is 28.5. The summed E-state index contributed by atoms with van der Waals surface area (Å²) in [6, 6.07) is 17.4. The van der Waals surface area contributed by atoms with Crippen LogP contribution in [0.5, 0.6) is 0 Å². The summed E-state index contributed by atoms with van der Waals surface area (Å²) in [6.07, 6.45) is 0. The first-order chi connectivity index (χ1) is 17.4. The fourth-order valence-electron chi connectivity index (χ4n) is 3.71. The number of carbonyl (C=O) groups is 2. The molecule has 3 rings (SSSR count). The molecule has 3 aromatic carbocycles. The van der Waals surface area contributed by atoms with Crippen molar-refractivity contribution in [1.29, 1.82) is 0 Å². The lowest BCUT2D eigenvalue weighted by atomic mass is 10.1. The maximum atomic E-state index is 13.8. The zero-order chi connectivity index (χ0) is 27.3. The minimum absolute atomic E-state index is 0.00798. The van der Waals surface area contributed by atoms with Gasteiger partial charge in [0.15, 0.2) is 0 Å². The lowest BCUT2D eigenvalue weighted by Gasteiger charge is -2.32. The number of amides is 2. The Hall–Kier alpha value is -3.07. The van der Waals surface area contributed by atoms with Gasteiger partial charge < -0.3 is 10.2 Å². The van der Waals surface area contributed by atoms with Gasteiger partial charge in [-0.15, -0.1) is 0 Å². The maximum absolute atomic E-state index is 13.8. The van der Waals surface area contributed by atoms with Gasteiger partial charge in [-0.05, 0) is 56.7 Å². The molecule has 0 unspecified atom stereocenters. The smallest absolute Gasteiger partial charge is 0.264 e. The van der Waals surface area contributed by atoms with Gasteiger partial charge in [0.1, 0.15) is 12.6 Å². The number of likely N-dealkylation sites (N-methyl/N-ethyl adjacent to an activating group) is 1. The number of carbonyl (C=O) groups excluding carboxylic acids is 2. The van der Waals surface area contributed by atoms with E-state index in [1.807, 2.05) is 38.1 Å². The van der Waals surface area contributed by atoms with Crippen LogP contribution >= 0.6 is 23.2 Å². The summed E-state index contributed by atoms with van der Waals surface area (Å²) in [5.74, 6) is -0.961. The second-order valence-electron chi connectivity index (χ2n) is 8.72. The number of nitrogens with zero attached hydrogens (tertiary/aromatic N) is 2. The van der Waals surface area contributed by atoms with Gasteiger partial charge in [-0.2, -0.15) is 0 Å². The first-order valence-corrected chi connectivity index (χ1v) is 13.7. The molecule has 3 aromatic rings. The van der Waals surface area contributed by atoms with Gasteiger partial charge in [0.2, 0.25) is 11.8 Å². The summed E-state index contributed by atoms with van der Waals surface area (Å²) in [5, 5.41) is 2.92. The quantitative estimate of drug-likeness (QED) is 0.399. The first-order valence-electron chi connectivity index (χ1n) is 11.5. The van der Waals surface area contributed by atoms with Crippen LogP contribution in [0.25, 0.3) is 0 Å². The van der Waals surface area contributed by atoms with Gasteiger partial charge in [-0.25, -0.2) is 8.42 Å². The Labute approximate surface area is 228 Å². The largest absolute Gasteiger partial charge is 0.357 e. The van der Waals surface area contributed by atoms with Crippen molar-refractivity contribution >= 4 is 50.7 Å². The minimum Gasteiger partial charge on any atom is -0.357 e. The highest BCUT2D eigenvalue weighted by molar-refractivity contribution is 7.92. The Morgan fingerprint density at radius 1 is 0.919 bits per heavy atom. The maximum Gasteiger partial charge on any atom is 0.264 e. The molecule has 0 radical (unpaired) electrons. The number of aryl methyl sites for hydroxylation is 2. The number of benzene rings is 3. The number of nitrogens with one attached hydrogen (secondary N) is 1. The van der Waals surface area contributed by atoms with Crippen LogP contribution in [0, 0.1) is 13.8 Å². The molecule has 0 saturated carbocycles. The van der Waals surface area contributed by atoms with Gasteiger partial charge in [0.25, 0.3) is 10.0 Å². The summed E-state index contributed by atoms with van der Waals surface area (Å²) < 4.78 is 28.5.